The van der Waals surface area contributed by atoms with Crippen molar-refractivity contribution in [2.24, 2.45) is 0 Å². The number of aromatic nitrogens is 1. The number of hydrogen-bond donors (Lipinski definition) is 0. The number of likely N-dealkylation sites (tertiary alicyclic amines) is 1. The number of aryl methyl sites for hydroxylation is 2. The average Bonchev–Trinajstić information content (AvgIpc) is 3.26. The van der Waals surface area contributed by atoms with Gasteiger partial charge in [-0.25, -0.2) is 0 Å². The molecule has 3 aliphatic rings. The Hall–Kier alpha value is -1.44. The molecule has 132 valence electrons. The van der Waals surface area contributed by atoms with Crippen LogP contribution in [-0.4, -0.2) is 72.0 Å². The SMILES string of the molecule is Cc1noc(C)c1CN1CC[C@@H]2O[C@@H](C(=O)N3CCOCC3)C[C@@H]21. The molecule has 3 atom stereocenters. The Morgan fingerprint density at radius 2 is 2.04 bits per heavy atom. The summed E-state index contributed by atoms with van der Waals surface area (Å²) in [4.78, 5) is 17.0. The highest BCUT2D eigenvalue weighted by molar-refractivity contribution is 5.81. The molecular weight excluding hydrogens is 310 g/mol. The zero-order chi connectivity index (χ0) is 16.7. The molecule has 0 saturated carbocycles. The maximum absolute atomic E-state index is 12.7. The van der Waals surface area contributed by atoms with Crippen LogP contribution in [0.3, 0.4) is 0 Å². The lowest BCUT2D eigenvalue weighted by atomic mass is 10.1. The predicted octanol–water partition coefficient (Wildman–Crippen LogP) is 0.882. The molecular formula is C17H25N3O4. The molecule has 1 amide bonds. The minimum Gasteiger partial charge on any atom is -0.378 e. The molecule has 1 aromatic heterocycles. The van der Waals surface area contributed by atoms with E-state index >= 15 is 0 Å². The molecule has 4 rings (SSSR count). The highest BCUT2D eigenvalue weighted by atomic mass is 16.5. The highest BCUT2D eigenvalue weighted by Gasteiger charge is 2.46. The molecule has 7 nitrogen and oxygen atoms in total. The van der Waals surface area contributed by atoms with Crippen LogP contribution in [0.2, 0.25) is 0 Å². The molecule has 0 radical (unpaired) electrons. The Labute approximate surface area is 141 Å². The summed E-state index contributed by atoms with van der Waals surface area (Å²) in [6.07, 6.45) is 1.64. The fraction of sp³-hybridized carbons (Fsp3) is 0.765. The third-order valence-electron chi connectivity index (χ3n) is 5.53. The van der Waals surface area contributed by atoms with E-state index in [1.54, 1.807) is 0 Å². The van der Waals surface area contributed by atoms with E-state index in [0.717, 1.165) is 37.4 Å². The number of carbonyl (C=O) groups is 1. The fourth-order valence-corrected chi connectivity index (χ4v) is 4.11. The van der Waals surface area contributed by atoms with Crippen molar-refractivity contribution in [1.82, 2.24) is 15.0 Å². The lowest BCUT2D eigenvalue weighted by Gasteiger charge is -2.29. The quantitative estimate of drug-likeness (QED) is 0.817. The zero-order valence-electron chi connectivity index (χ0n) is 14.4. The first-order chi connectivity index (χ1) is 11.6. The van der Waals surface area contributed by atoms with Gasteiger partial charge in [0.05, 0.1) is 25.0 Å². The summed E-state index contributed by atoms with van der Waals surface area (Å²) in [6.45, 7) is 8.37. The number of carbonyl (C=O) groups excluding carboxylic acids is 1. The molecule has 0 aromatic carbocycles. The van der Waals surface area contributed by atoms with Crippen molar-refractivity contribution < 1.29 is 18.8 Å². The van der Waals surface area contributed by atoms with E-state index < -0.39 is 0 Å². The van der Waals surface area contributed by atoms with Crippen LogP contribution >= 0.6 is 0 Å². The van der Waals surface area contributed by atoms with Crippen LogP contribution < -0.4 is 0 Å². The number of amides is 1. The molecule has 24 heavy (non-hydrogen) atoms. The van der Waals surface area contributed by atoms with E-state index in [1.807, 2.05) is 18.7 Å². The van der Waals surface area contributed by atoms with Gasteiger partial charge < -0.3 is 18.9 Å². The highest BCUT2D eigenvalue weighted by Crippen LogP contribution is 2.35. The maximum atomic E-state index is 12.7. The summed E-state index contributed by atoms with van der Waals surface area (Å²) >= 11 is 0. The van der Waals surface area contributed by atoms with Crippen molar-refractivity contribution in [1.29, 1.82) is 0 Å². The van der Waals surface area contributed by atoms with E-state index in [4.69, 9.17) is 14.0 Å². The topological polar surface area (TPSA) is 68.0 Å². The van der Waals surface area contributed by atoms with E-state index in [-0.39, 0.29) is 18.1 Å². The van der Waals surface area contributed by atoms with Gasteiger partial charge in [-0.1, -0.05) is 5.16 Å². The van der Waals surface area contributed by atoms with Gasteiger partial charge in [0.2, 0.25) is 0 Å². The Bertz CT molecular complexity index is 591. The van der Waals surface area contributed by atoms with Crippen molar-refractivity contribution in [2.45, 2.75) is 51.5 Å². The molecule has 1 aromatic rings. The van der Waals surface area contributed by atoms with Gasteiger partial charge >= 0.3 is 0 Å². The largest absolute Gasteiger partial charge is 0.378 e. The summed E-state index contributed by atoms with van der Waals surface area (Å²) in [5.41, 5.74) is 2.12. The third-order valence-corrected chi connectivity index (χ3v) is 5.53. The van der Waals surface area contributed by atoms with Crippen LogP contribution in [0.15, 0.2) is 4.52 Å². The molecule has 4 heterocycles. The maximum Gasteiger partial charge on any atom is 0.251 e. The Morgan fingerprint density at radius 1 is 1.25 bits per heavy atom. The number of ether oxygens (including phenoxy) is 2. The number of fused-ring (bicyclic) bond motifs is 1. The lowest BCUT2D eigenvalue weighted by molar-refractivity contribution is -0.146. The van der Waals surface area contributed by atoms with E-state index in [0.29, 0.717) is 32.3 Å². The normalized spacial score (nSPS) is 30.8. The number of hydrogen-bond acceptors (Lipinski definition) is 6. The molecule has 0 spiro atoms. The summed E-state index contributed by atoms with van der Waals surface area (Å²) in [5.74, 6) is 1.01. The van der Waals surface area contributed by atoms with Crippen molar-refractivity contribution in [3.63, 3.8) is 0 Å². The number of nitrogens with zero attached hydrogens (tertiary/aromatic N) is 3. The van der Waals surface area contributed by atoms with Gasteiger partial charge in [0.1, 0.15) is 11.9 Å². The molecule has 0 N–H and O–H groups in total. The van der Waals surface area contributed by atoms with Gasteiger partial charge in [0.25, 0.3) is 5.91 Å². The molecule has 3 fully saturated rings. The summed E-state index contributed by atoms with van der Waals surface area (Å²) in [7, 11) is 0. The minimum absolute atomic E-state index is 0.130. The van der Waals surface area contributed by atoms with Gasteiger partial charge in [-0.3, -0.25) is 9.69 Å². The van der Waals surface area contributed by atoms with Crippen molar-refractivity contribution in [3.05, 3.63) is 17.0 Å². The van der Waals surface area contributed by atoms with Crippen LogP contribution in [0, 0.1) is 13.8 Å². The van der Waals surface area contributed by atoms with Crippen LogP contribution in [0.25, 0.3) is 0 Å². The number of rotatable bonds is 3. The van der Waals surface area contributed by atoms with Gasteiger partial charge in [-0.15, -0.1) is 0 Å². The van der Waals surface area contributed by atoms with Crippen LogP contribution in [0.4, 0.5) is 0 Å². The molecule has 3 aliphatic heterocycles. The average molecular weight is 335 g/mol. The molecule has 0 bridgehead atoms. The Balaban J connectivity index is 1.40. The van der Waals surface area contributed by atoms with E-state index in [2.05, 4.69) is 10.1 Å². The van der Waals surface area contributed by atoms with Crippen molar-refractivity contribution in [2.75, 3.05) is 32.8 Å². The zero-order valence-corrected chi connectivity index (χ0v) is 14.4. The van der Waals surface area contributed by atoms with Crippen molar-refractivity contribution in [3.8, 4) is 0 Å². The van der Waals surface area contributed by atoms with Crippen molar-refractivity contribution >= 4 is 5.91 Å². The Morgan fingerprint density at radius 3 is 2.75 bits per heavy atom. The second-order valence-electron chi connectivity index (χ2n) is 6.97. The van der Waals surface area contributed by atoms with Crippen LogP contribution in [0.5, 0.6) is 0 Å². The van der Waals surface area contributed by atoms with Crippen LogP contribution in [-0.2, 0) is 20.8 Å². The molecule has 3 saturated heterocycles. The first-order valence-electron chi connectivity index (χ1n) is 8.81. The van der Waals surface area contributed by atoms with Crippen LogP contribution in [0.1, 0.15) is 29.9 Å². The first kappa shape index (κ1) is 16.1. The van der Waals surface area contributed by atoms with Gasteiger partial charge in [0.15, 0.2) is 0 Å². The first-order valence-corrected chi connectivity index (χ1v) is 8.81. The third kappa shape index (κ3) is 2.85. The van der Waals surface area contributed by atoms with E-state index in [9.17, 15) is 4.79 Å². The van der Waals surface area contributed by atoms with Gasteiger partial charge in [-0.2, -0.15) is 0 Å². The van der Waals surface area contributed by atoms with Gasteiger partial charge in [-0.05, 0) is 20.3 Å². The minimum atomic E-state index is -0.300. The smallest absolute Gasteiger partial charge is 0.251 e. The standard InChI is InChI=1S/C17H25N3O4/c1-11-13(12(2)24-18-11)10-20-4-3-15-14(20)9-16(23-15)17(21)19-5-7-22-8-6-19/h14-16H,3-10H2,1-2H3/t14-,15-,16+/m0/s1. The summed E-state index contributed by atoms with van der Waals surface area (Å²) in [5, 5.41) is 4.04. The Kier molecular flexibility index (Phi) is 4.32. The van der Waals surface area contributed by atoms with Gasteiger partial charge in [0, 0.05) is 44.2 Å². The summed E-state index contributed by atoms with van der Waals surface area (Å²) < 4.78 is 16.7. The lowest BCUT2D eigenvalue weighted by Crippen LogP contribution is -2.46. The van der Waals surface area contributed by atoms with E-state index in [1.165, 1.54) is 5.56 Å². The molecule has 0 unspecified atom stereocenters. The number of morpholine rings is 1. The summed E-state index contributed by atoms with van der Waals surface area (Å²) in [6, 6.07) is 0.314. The second-order valence-corrected chi connectivity index (χ2v) is 6.97. The fourth-order valence-electron chi connectivity index (χ4n) is 4.11. The predicted molar refractivity (Wildman–Crippen MR) is 85.5 cm³/mol. The second kappa shape index (κ2) is 6.46. The molecule has 0 aliphatic carbocycles. The molecule has 7 heteroatoms. The monoisotopic (exact) mass is 335 g/mol.